The lowest BCUT2D eigenvalue weighted by molar-refractivity contribution is -0.137. The number of amides is 1. The van der Waals surface area contributed by atoms with Crippen LogP contribution in [-0.4, -0.2) is 23.4 Å². The fourth-order valence-corrected chi connectivity index (χ4v) is 2.36. The van der Waals surface area contributed by atoms with Gasteiger partial charge in [-0.1, -0.05) is 23.7 Å². The molecule has 1 aromatic carbocycles. The summed E-state index contributed by atoms with van der Waals surface area (Å²) >= 11 is 5.85. The van der Waals surface area contributed by atoms with Gasteiger partial charge in [0.1, 0.15) is 0 Å². The fraction of sp³-hybridized carbons (Fsp3) is 0.462. The van der Waals surface area contributed by atoms with E-state index in [2.05, 4.69) is 0 Å². The molecule has 1 saturated heterocycles. The van der Waals surface area contributed by atoms with E-state index in [0.717, 1.165) is 24.9 Å². The number of carbonyl (C=O) groups excluding carboxylic acids is 1. The number of piperidine rings is 1. The number of rotatable bonds is 2. The van der Waals surface area contributed by atoms with E-state index in [9.17, 15) is 4.79 Å². The van der Waals surface area contributed by atoms with E-state index in [4.69, 9.17) is 17.3 Å². The molecular formula is C13H17ClN2O. The van der Waals surface area contributed by atoms with Crippen molar-refractivity contribution in [2.75, 3.05) is 6.54 Å². The number of hydrogen-bond donors (Lipinski definition) is 1. The van der Waals surface area contributed by atoms with Crippen LogP contribution in [0.1, 0.15) is 31.4 Å². The van der Waals surface area contributed by atoms with Gasteiger partial charge in [-0.2, -0.15) is 0 Å². The molecule has 92 valence electrons. The summed E-state index contributed by atoms with van der Waals surface area (Å²) in [4.78, 5) is 13.8. The van der Waals surface area contributed by atoms with Crippen LogP contribution in [0.25, 0.3) is 0 Å². The van der Waals surface area contributed by atoms with E-state index in [1.54, 1.807) is 0 Å². The van der Waals surface area contributed by atoms with Crippen molar-refractivity contribution < 1.29 is 4.79 Å². The number of halogens is 1. The lowest BCUT2D eigenvalue weighted by Crippen LogP contribution is -2.49. The second-order valence-electron chi connectivity index (χ2n) is 4.51. The molecule has 2 atom stereocenters. The molecule has 1 amide bonds. The molecule has 1 heterocycles. The third-order valence-electron chi connectivity index (χ3n) is 3.33. The van der Waals surface area contributed by atoms with Crippen LogP contribution in [-0.2, 0) is 4.79 Å². The summed E-state index contributed by atoms with van der Waals surface area (Å²) in [5, 5.41) is 0.711. The highest BCUT2D eigenvalue weighted by Gasteiger charge is 2.29. The van der Waals surface area contributed by atoms with Crippen LogP contribution in [0.15, 0.2) is 24.3 Å². The Kier molecular flexibility index (Phi) is 3.69. The zero-order valence-corrected chi connectivity index (χ0v) is 10.7. The van der Waals surface area contributed by atoms with Crippen molar-refractivity contribution in [3.05, 3.63) is 34.9 Å². The molecule has 0 saturated carbocycles. The monoisotopic (exact) mass is 252 g/mol. The molecule has 0 spiro atoms. The molecule has 0 radical (unpaired) electrons. The van der Waals surface area contributed by atoms with Crippen LogP contribution in [0, 0.1) is 0 Å². The van der Waals surface area contributed by atoms with Crippen molar-refractivity contribution in [1.82, 2.24) is 4.90 Å². The van der Waals surface area contributed by atoms with Crippen molar-refractivity contribution in [2.24, 2.45) is 5.73 Å². The Hall–Kier alpha value is -1.06. The molecule has 3 nitrogen and oxygen atoms in total. The van der Waals surface area contributed by atoms with Crippen molar-refractivity contribution in [3.63, 3.8) is 0 Å². The minimum absolute atomic E-state index is 0.0544. The maximum absolute atomic E-state index is 12.0. The highest BCUT2D eigenvalue weighted by Crippen LogP contribution is 2.25. The van der Waals surface area contributed by atoms with Crippen molar-refractivity contribution in [3.8, 4) is 0 Å². The van der Waals surface area contributed by atoms with Crippen LogP contribution in [0.2, 0.25) is 5.02 Å². The number of nitrogens with zero attached hydrogens (tertiary/aromatic N) is 1. The first-order valence-electron chi connectivity index (χ1n) is 5.91. The summed E-state index contributed by atoms with van der Waals surface area (Å²) in [5.74, 6) is 0.0544. The Bertz CT molecular complexity index is 404. The lowest BCUT2D eigenvalue weighted by atomic mass is 10.0. The topological polar surface area (TPSA) is 46.3 Å². The first kappa shape index (κ1) is 12.4. The van der Waals surface area contributed by atoms with Crippen LogP contribution in [0.3, 0.4) is 0 Å². The van der Waals surface area contributed by atoms with Gasteiger partial charge in [0.2, 0.25) is 5.91 Å². The molecule has 1 aliphatic rings. The standard InChI is InChI=1S/C13H17ClN2O/c1-9(10-4-6-11(14)7-5-10)16-8-2-3-12(15)13(16)17/h4-7,9,12H,2-3,8,15H2,1H3. The molecule has 1 fully saturated rings. The van der Waals surface area contributed by atoms with E-state index >= 15 is 0 Å². The normalized spacial score (nSPS) is 22.6. The van der Waals surface area contributed by atoms with Gasteiger partial charge in [-0.3, -0.25) is 4.79 Å². The van der Waals surface area contributed by atoms with Gasteiger partial charge in [-0.25, -0.2) is 0 Å². The molecular weight excluding hydrogens is 236 g/mol. The predicted octanol–water partition coefficient (Wildman–Crippen LogP) is 2.35. The minimum atomic E-state index is -0.335. The second kappa shape index (κ2) is 5.07. The van der Waals surface area contributed by atoms with Crippen molar-refractivity contribution >= 4 is 17.5 Å². The average Bonchev–Trinajstić information content (AvgIpc) is 2.33. The number of likely N-dealkylation sites (tertiary alicyclic amines) is 1. The maximum Gasteiger partial charge on any atom is 0.239 e. The summed E-state index contributed by atoms with van der Waals surface area (Å²) in [5.41, 5.74) is 6.89. The van der Waals surface area contributed by atoms with Gasteiger partial charge in [0.15, 0.2) is 0 Å². The zero-order valence-electron chi connectivity index (χ0n) is 9.90. The highest BCUT2D eigenvalue weighted by molar-refractivity contribution is 6.30. The lowest BCUT2D eigenvalue weighted by Gasteiger charge is -2.35. The summed E-state index contributed by atoms with van der Waals surface area (Å²) in [7, 11) is 0. The SMILES string of the molecule is CC(c1ccc(Cl)cc1)N1CCCC(N)C1=O. The molecule has 2 unspecified atom stereocenters. The smallest absolute Gasteiger partial charge is 0.239 e. The Labute approximate surface area is 107 Å². The molecule has 4 heteroatoms. The average molecular weight is 253 g/mol. The Morgan fingerprint density at radius 1 is 1.41 bits per heavy atom. The van der Waals surface area contributed by atoms with Crippen molar-refractivity contribution in [2.45, 2.75) is 31.8 Å². The molecule has 17 heavy (non-hydrogen) atoms. The van der Waals surface area contributed by atoms with Gasteiger partial charge in [0.25, 0.3) is 0 Å². The second-order valence-corrected chi connectivity index (χ2v) is 4.94. The number of nitrogens with two attached hydrogens (primary N) is 1. The highest BCUT2D eigenvalue weighted by atomic mass is 35.5. The third kappa shape index (κ3) is 2.61. The van der Waals surface area contributed by atoms with Gasteiger partial charge in [0, 0.05) is 11.6 Å². The first-order chi connectivity index (χ1) is 8.09. The number of benzene rings is 1. The molecule has 0 aromatic heterocycles. The molecule has 0 aliphatic carbocycles. The maximum atomic E-state index is 12.0. The van der Waals surface area contributed by atoms with E-state index < -0.39 is 0 Å². The van der Waals surface area contributed by atoms with Gasteiger partial charge in [-0.15, -0.1) is 0 Å². The van der Waals surface area contributed by atoms with Crippen LogP contribution in [0.4, 0.5) is 0 Å². The molecule has 1 aromatic rings. The quantitative estimate of drug-likeness (QED) is 0.878. The first-order valence-corrected chi connectivity index (χ1v) is 6.29. The Morgan fingerprint density at radius 2 is 2.06 bits per heavy atom. The van der Waals surface area contributed by atoms with Gasteiger partial charge >= 0.3 is 0 Å². The van der Waals surface area contributed by atoms with Gasteiger partial charge in [0.05, 0.1) is 12.1 Å². The molecule has 2 N–H and O–H groups in total. The summed E-state index contributed by atoms with van der Waals surface area (Å²) < 4.78 is 0. The van der Waals surface area contributed by atoms with Crippen LogP contribution in [0.5, 0.6) is 0 Å². The van der Waals surface area contributed by atoms with Crippen molar-refractivity contribution in [1.29, 1.82) is 0 Å². The number of hydrogen-bond acceptors (Lipinski definition) is 2. The van der Waals surface area contributed by atoms with E-state index in [0.29, 0.717) is 5.02 Å². The minimum Gasteiger partial charge on any atom is -0.335 e. The van der Waals surface area contributed by atoms with E-state index in [-0.39, 0.29) is 18.0 Å². The third-order valence-corrected chi connectivity index (χ3v) is 3.59. The molecule has 0 bridgehead atoms. The predicted molar refractivity (Wildman–Crippen MR) is 68.8 cm³/mol. The summed E-state index contributed by atoms with van der Waals surface area (Å²) in [6.07, 6.45) is 1.77. The summed E-state index contributed by atoms with van der Waals surface area (Å²) in [6.45, 7) is 2.81. The molecule has 1 aliphatic heterocycles. The fourth-order valence-electron chi connectivity index (χ4n) is 2.23. The van der Waals surface area contributed by atoms with E-state index in [1.165, 1.54) is 0 Å². The van der Waals surface area contributed by atoms with Crippen LogP contribution < -0.4 is 5.73 Å². The summed E-state index contributed by atoms with van der Waals surface area (Å²) in [6, 6.07) is 7.34. The van der Waals surface area contributed by atoms with Gasteiger partial charge in [-0.05, 0) is 37.5 Å². The zero-order chi connectivity index (χ0) is 12.4. The van der Waals surface area contributed by atoms with E-state index in [1.807, 2.05) is 36.1 Å². The molecule has 2 rings (SSSR count). The number of carbonyl (C=O) groups is 1. The van der Waals surface area contributed by atoms with Crippen LogP contribution >= 0.6 is 11.6 Å². The Balaban J connectivity index is 2.16. The van der Waals surface area contributed by atoms with Gasteiger partial charge < -0.3 is 10.6 Å². The Morgan fingerprint density at radius 3 is 2.71 bits per heavy atom. The largest absolute Gasteiger partial charge is 0.335 e.